The van der Waals surface area contributed by atoms with E-state index in [0.717, 1.165) is 42.1 Å². The van der Waals surface area contributed by atoms with Gasteiger partial charge in [0.2, 0.25) is 0 Å². The Bertz CT molecular complexity index is 647. The van der Waals surface area contributed by atoms with E-state index in [-0.39, 0.29) is 12.4 Å². The van der Waals surface area contributed by atoms with Gasteiger partial charge in [-0.05, 0) is 31.0 Å². The molecule has 0 fully saturated rings. The Hall–Kier alpha value is -1.42. The third kappa shape index (κ3) is 6.77. The molecule has 0 aliphatic heterocycles. The van der Waals surface area contributed by atoms with Gasteiger partial charge in [-0.15, -0.1) is 12.4 Å². The highest BCUT2D eigenvalue weighted by atomic mass is 35.5. The van der Waals surface area contributed by atoms with Crippen LogP contribution < -0.4 is 14.8 Å². The van der Waals surface area contributed by atoms with Crippen LogP contribution in [0.4, 0.5) is 0 Å². The van der Waals surface area contributed by atoms with E-state index in [9.17, 15) is 0 Å². The van der Waals surface area contributed by atoms with Crippen LogP contribution in [-0.4, -0.2) is 13.7 Å². The molecule has 0 aliphatic rings. The highest BCUT2D eigenvalue weighted by Crippen LogP contribution is 2.32. The number of para-hydroxylation sites is 1. The van der Waals surface area contributed by atoms with E-state index in [2.05, 4.69) is 25.2 Å². The first kappa shape index (κ1) is 21.6. The Labute approximate surface area is 162 Å². The summed E-state index contributed by atoms with van der Waals surface area (Å²) in [6.07, 6.45) is 1.15. The predicted octanol–water partition coefficient (Wildman–Crippen LogP) is 5.49. The van der Waals surface area contributed by atoms with Crippen LogP contribution in [0.1, 0.15) is 31.4 Å². The lowest BCUT2D eigenvalue weighted by Gasteiger charge is -2.16. The normalized spacial score (nSPS) is 10.4. The van der Waals surface area contributed by atoms with Crippen LogP contribution >= 0.6 is 24.0 Å². The number of hydrogen-bond donors (Lipinski definition) is 1. The van der Waals surface area contributed by atoms with Crippen molar-refractivity contribution in [2.75, 3.05) is 13.7 Å². The van der Waals surface area contributed by atoms with Gasteiger partial charge in [-0.1, -0.05) is 55.8 Å². The molecule has 0 saturated heterocycles. The highest BCUT2D eigenvalue weighted by molar-refractivity contribution is 6.31. The fourth-order valence-electron chi connectivity index (χ4n) is 2.40. The van der Waals surface area contributed by atoms with Crippen molar-refractivity contribution >= 4 is 24.0 Å². The van der Waals surface area contributed by atoms with Crippen LogP contribution in [-0.2, 0) is 13.2 Å². The van der Waals surface area contributed by atoms with Crippen molar-refractivity contribution in [3.05, 3.63) is 58.6 Å². The smallest absolute Gasteiger partial charge is 0.166 e. The zero-order valence-corrected chi connectivity index (χ0v) is 16.6. The van der Waals surface area contributed by atoms with Gasteiger partial charge in [-0.25, -0.2) is 0 Å². The lowest BCUT2D eigenvalue weighted by Crippen LogP contribution is -2.17. The minimum atomic E-state index is 0. The number of rotatable bonds is 9. The first-order chi connectivity index (χ1) is 11.6. The third-order valence-corrected chi connectivity index (χ3v) is 4.19. The molecule has 2 rings (SSSR count). The van der Waals surface area contributed by atoms with Crippen molar-refractivity contribution < 1.29 is 9.47 Å². The molecule has 1 N–H and O–H groups in total. The van der Waals surface area contributed by atoms with Gasteiger partial charge in [-0.3, -0.25) is 0 Å². The lowest BCUT2D eigenvalue weighted by atomic mass is 10.1. The van der Waals surface area contributed by atoms with Crippen LogP contribution in [0, 0.1) is 5.92 Å². The highest BCUT2D eigenvalue weighted by Gasteiger charge is 2.11. The maximum atomic E-state index is 6.21. The summed E-state index contributed by atoms with van der Waals surface area (Å²) >= 11 is 6.21. The number of halogens is 2. The van der Waals surface area contributed by atoms with Gasteiger partial charge in [-0.2, -0.15) is 0 Å². The van der Waals surface area contributed by atoms with E-state index in [1.54, 1.807) is 7.11 Å². The van der Waals surface area contributed by atoms with E-state index >= 15 is 0 Å². The molecule has 0 heterocycles. The molecule has 5 heteroatoms. The summed E-state index contributed by atoms with van der Waals surface area (Å²) in [5.41, 5.74) is 2.05. The van der Waals surface area contributed by atoms with Crippen molar-refractivity contribution in [1.29, 1.82) is 0 Å². The van der Waals surface area contributed by atoms with E-state index in [1.807, 2.05) is 36.4 Å². The maximum absolute atomic E-state index is 6.21. The predicted molar refractivity (Wildman–Crippen MR) is 107 cm³/mol. The van der Waals surface area contributed by atoms with Crippen molar-refractivity contribution in [3.63, 3.8) is 0 Å². The minimum Gasteiger partial charge on any atom is -0.493 e. The Kier molecular flexibility index (Phi) is 9.73. The second-order valence-electron chi connectivity index (χ2n) is 6.19. The minimum absolute atomic E-state index is 0. The Morgan fingerprint density at radius 3 is 2.44 bits per heavy atom. The summed E-state index contributed by atoms with van der Waals surface area (Å²) in [4.78, 5) is 0. The van der Waals surface area contributed by atoms with E-state index in [0.29, 0.717) is 17.5 Å². The molecule has 0 saturated carbocycles. The summed E-state index contributed by atoms with van der Waals surface area (Å²) in [5, 5.41) is 4.18. The molecule has 0 spiro atoms. The Morgan fingerprint density at radius 2 is 1.76 bits per heavy atom. The second kappa shape index (κ2) is 11.2. The average Bonchev–Trinajstić information content (AvgIpc) is 2.58. The van der Waals surface area contributed by atoms with Crippen LogP contribution in [0.25, 0.3) is 0 Å². The summed E-state index contributed by atoms with van der Waals surface area (Å²) in [5.74, 6) is 2.21. The molecule has 0 radical (unpaired) electrons. The molecule has 2 aromatic carbocycles. The molecule has 25 heavy (non-hydrogen) atoms. The van der Waals surface area contributed by atoms with Crippen LogP contribution in [0.5, 0.6) is 11.5 Å². The number of ether oxygens (including phenoxy) is 2. The SMILES string of the molecule is COc1cccc(CNCCC(C)C)c1OCc1ccccc1Cl.Cl. The van der Waals surface area contributed by atoms with E-state index < -0.39 is 0 Å². The first-order valence-electron chi connectivity index (χ1n) is 8.34. The van der Waals surface area contributed by atoms with Crippen molar-refractivity contribution in [3.8, 4) is 11.5 Å². The first-order valence-corrected chi connectivity index (χ1v) is 8.72. The summed E-state index contributed by atoms with van der Waals surface area (Å²) < 4.78 is 11.5. The van der Waals surface area contributed by atoms with Gasteiger partial charge in [0.15, 0.2) is 11.5 Å². The average molecular weight is 384 g/mol. The maximum Gasteiger partial charge on any atom is 0.166 e. The van der Waals surface area contributed by atoms with E-state index in [1.165, 1.54) is 0 Å². The molecule has 0 unspecified atom stereocenters. The fourth-order valence-corrected chi connectivity index (χ4v) is 2.59. The molecule has 0 atom stereocenters. The molecule has 138 valence electrons. The number of nitrogens with one attached hydrogen (secondary N) is 1. The van der Waals surface area contributed by atoms with Gasteiger partial charge in [0, 0.05) is 22.7 Å². The largest absolute Gasteiger partial charge is 0.493 e. The molecule has 0 aromatic heterocycles. The summed E-state index contributed by atoms with van der Waals surface area (Å²) in [6.45, 7) is 6.61. The quantitative estimate of drug-likeness (QED) is 0.581. The van der Waals surface area contributed by atoms with Crippen LogP contribution in [0.3, 0.4) is 0 Å². The van der Waals surface area contributed by atoms with Crippen LogP contribution in [0.2, 0.25) is 5.02 Å². The second-order valence-corrected chi connectivity index (χ2v) is 6.60. The monoisotopic (exact) mass is 383 g/mol. The molecule has 3 nitrogen and oxygen atoms in total. The van der Waals surface area contributed by atoms with Gasteiger partial charge >= 0.3 is 0 Å². The molecular formula is C20H27Cl2NO2. The number of methoxy groups -OCH3 is 1. The topological polar surface area (TPSA) is 30.5 Å². The summed E-state index contributed by atoms with van der Waals surface area (Å²) in [7, 11) is 1.66. The Balaban J connectivity index is 0.00000312. The fraction of sp³-hybridized carbons (Fsp3) is 0.400. The van der Waals surface area contributed by atoms with Crippen molar-refractivity contribution in [2.45, 2.75) is 33.4 Å². The van der Waals surface area contributed by atoms with Crippen molar-refractivity contribution in [2.24, 2.45) is 5.92 Å². The van der Waals surface area contributed by atoms with E-state index in [4.69, 9.17) is 21.1 Å². The molecule has 0 amide bonds. The van der Waals surface area contributed by atoms with Gasteiger partial charge in [0.1, 0.15) is 6.61 Å². The zero-order chi connectivity index (χ0) is 17.4. The molecule has 0 bridgehead atoms. The zero-order valence-electron chi connectivity index (χ0n) is 15.0. The number of hydrogen-bond acceptors (Lipinski definition) is 3. The van der Waals surface area contributed by atoms with Gasteiger partial charge < -0.3 is 14.8 Å². The van der Waals surface area contributed by atoms with Gasteiger partial charge in [0.05, 0.1) is 7.11 Å². The Morgan fingerprint density at radius 1 is 1.04 bits per heavy atom. The third-order valence-electron chi connectivity index (χ3n) is 3.82. The molecular weight excluding hydrogens is 357 g/mol. The summed E-state index contributed by atoms with van der Waals surface area (Å²) in [6, 6.07) is 13.7. The molecule has 0 aliphatic carbocycles. The van der Waals surface area contributed by atoms with Crippen molar-refractivity contribution in [1.82, 2.24) is 5.32 Å². The van der Waals surface area contributed by atoms with Gasteiger partial charge in [0.25, 0.3) is 0 Å². The lowest BCUT2D eigenvalue weighted by molar-refractivity contribution is 0.280. The standard InChI is InChI=1S/C20H26ClNO2.ClH/c1-15(2)11-12-22-13-16-8-6-10-19(23-3)20(16)24-14-17-7-4-5-9-18(17)21;/h4-10,15,22H,11-14H2,1-3H3;1H. The molecule has 2 aromatic rings. The number of benzene rings is 2. The van der Waals surface area contributed by atoms with Crippen LogP contribution in [0.15, 0.2) is 42.5 Å².